The van der Waals surface area contributed by atoms with Crippen molar-refractivity contribution >= 4 is 52.7 Å². The number of aryl methyl sites for hydroxylation is 2. The van der Waals surface area contributed by atoms with Crippen LogP contribution in [0.4, 0.5) is 0 Å². The molecule has 8 nitrogen and oxygen atoms in total. The highest BCUT2D eigenvalue weighted by Crippen LogP contribution is 2.39. The summed E-state index contributed by atoms with van der Waals surface area (Å²) in [7, 11) is 1.73. The topological polar surface area (TPSA) is 102 Å². The van der Waals surface area contributed by atoms with Crippen LogP contribution in [0.2, 0.25) is 0 Å². The molecule has 0 saturated heterocycles. The number of hydrogen-bond acceptors (Lipinski definition) is 6. The van der Waals surface area contributed by atoms with Gasteiger partial charge in [-0.15, -0.1) is 0 Å². The maximum atomic E-state index is 12.5. The molecule has 0 radical (unpaired) electrons. The van der Waals surface area contributed by atoms with Gasteiger partial charge in [-0.1, -0.05) is 232 Å². The van der Waals surface area contributed by atoms with Crippen LogP contribution >= 0.6 is 0 Å². The molecule has 2 aliphatic heterocycles. The number of H-pyrrole nitrogens is 2. The Balaban J connectivity index is 1.55. The molecule has 2 aliphatic rings. The molecule has 2 atom stereocenters. The quantitative estimate of drug-likeness (QED) is 0.0225. The number of carbonyl (C=O) groups excluding carboxylic acids is 1. The molecule has 484 valence electrons. The number of unbranched alkanes of at least 4 members (excludes halogenated alkanes) is 22. The molecular weight excluding hydrogens is 1100 g/mol. The largest absolute Gasteiger partial charge is 0.496 e. The fraction of sp³-hybridized carbons (Fsp3) is 0.549. The van der Waals surface area contributed by atoms with Crippen LogP contribution in [0.3, 0.4) is 0 Å². The summed E-state index contributed by atoms with van der Waals surface area (Å²) in [6, 6.07) is 17.1. The number of methoxy groups -OCH3 is 1. The van der Waals surface area contributed by atoms with Gasteiger partial charge in [0.15, 0.2) is 6.29 Å². The number of aromatic nitrogens is 4. The van der Waals surface area contributed by atoms with Crippen LogP contribution in [0.5, 0.6) is 17.2 Å². The number of aldehydes is 1. The molecule has 8 heteroatoms. The van der Waals surface area contributed by atoms with E-state index >= 15 is 0 Å². The third kappa shape index (κ3) is 21.2. The smallest absolute Gasteiger partial charge is 0.153 e. The summed E-state index contributed by atoms with van der Waals surface area (Å²) in [5.74, 6) is 17.5. The van der Waals surface area contributed by atoms with Gasteiger partial charge >= 0.3 is 0 Å². The number of nitrogens with one attached hydrogen (secondary N) is 2. The molecule has 8 bridgehead atoms. The van der Waals surface area contributed by atoms with E-state index in [1.807, 2.05) is 25.1 Å². The van der Waals surface area contributed by atoms with Gasteiger partial charge in [0, 0.05) is 33.8 Å². The van der Waals surface area contributed by atoms with Crippen molar-refractivity contribution in [2.45, 2.75) is 273 Å². The highest BCUT2D eigenvalue weighted by Gasteiger charge is 2.24. The van der Waals surface area contributed by atoms with E-state index in [0.29, 0.717) is 24.5 Å². The number of carbonyl (C=O) groups is 1. The van der Waals surface area contributed by atoms with Gasteiger partial charge in [0.2, 0.25) is 0 Å². The van der Waals surface area contributed by atoms with Crippen molar-refractivity contribution in [3.8, 4) is 40.9 Å². The minimum absolute atomic E-state index is 0.266. The zero-order valence-electron chi connectivity index (χ0n) is 57.2. The Kier molecular flexibility index (Phi) is 31.0. The van der Waals surface area contributed by atoms with Crippen molar-refractivity contribution in [1.29, 1.82) is 0 Å². The third-order valence-electron chi connectivity index (χ3n) is 18.4. The monoisotopic (exact) mass is 1220 g/mol. The number of fused-ring (bicyclic) bond motifs is 8. The molecule has 2 aromatic carbocycles. The Morgan fingerprint density at radius 3 is 1.28 bits per heavy atom. The molecule has 90 heavy (non-hydrogen) atoms. The normalized spacial score (nSPS) is 12.4. The zero-order chi connectivity index (χ0) is 63.7. The van der Waals surface area contributed by atoms with Crippen LogP contribution < -0.4 is 14.2 Å². The van der Waals surface area contributed by atoms with Gasteiger partial charge in [0.25, 0.3) is 0 Å². The molecule has 0 fully saturated rings. The summed E-state index contributed by atoms with van der Waals surface area (Å²) in [5, 5.41) is 0. The Morgan fingerprint density at radius 1 is 0.411 bits per heavy atom. The van der Waals surface area contributed by atoms with E-state index in [2.05, 4.69) is 137 Å². The first-order chi connectivity index (χ1) is 44.2. The summed E-state index contributed by atoms with van der Waals surface area (Å²) in [6.07, 6.45) is 47.4. The number of nitrogens with zero attached hydrogens (tertiary/aromatic N) is 2. The van der Waals surface area contributed by atoms with Gasteiger partial charge in [-0.25, -0.2) is 9.97 Å². The standard InChI is InChI=1S/C82H112N4O4/c1-10-16-22-28-30-34-40-63(38-32-24-18-12-3)81-74-50-46-70(83-74)68(44-42-65-58-79(67(60-87)56-61(65)7)89-54-36-26-20-14-5)71-47-51-75(84-71)82(64(39-33-25-19-13-4)41-35-31-29-23-17-11-2)77-53-49-73(86-77)69(72-48-52-76(81)85-72)45-43-66-57-62(8)78(88-9)59-80(66)90-55-37-27-21-15-6/h46-53,56-60,63-64,85-86H,10-41,54-55H2,1-9H3. The van der Waals surface area contributed by atoms with Gasteiger partial charge in [-0.3, -0.25) is 4.79 Å². The minimum Gasteiger partial charge on any atom is -0.496 e. The van der Waals surface area contributed by atoms with Gasteiger partial charge < -0.3 is 24.2 Å². The molecule has 0 amide bonds. The fourth-order valence-corrected chi connectivity index (χ4v) is 13.1. The van der Waals surface area contributed by atoms with Crippen LogP contribution in [-0.2, 0) is 0 Å². The van der Waals surface area contributed by atoms with Crippen LogP contribution in [-0.4, -0.2) is 46.5 Å². The average Bonchev–Trinajstić information content (AvgIpc) is 2.08. The van der Waals surface area contributed by atoms with Crippen molar-refractivity contribution in [2.75, 3.05) is 20.3 Å². The molecule has 7 rings (SSSR count). The van der Waals surface area contributed by atoms with E-state index in [9.17, 15) is 4.79 Å². The first-order valence-corrected chi connectivity index (χ1v) is 35.9. The Hall–Kier alpha value is -6.77. The number of aromatic amines is 2. The van der Waals surface area contributed by atoms with E-state index in [1.165, 1.54) is 127 Å². The molecule has 2 unspecified atom stereocenters. The third-order valence-corrected chi connectivity index (χ3v) is 18.4. The number of hydrogen-bond donors (Lipinski definition) is 2. The van der Waals surface area contributed by atoms with Gasteiger partial charge in [-0.2, -0.15) is 0 Å². The van der Waals surface area contributed by atoms with Gasteiger partial charge in [-0.05, 0) is 142 Å². The molecule has 0 aliphatic carbocycles. The summed E-state index contributed by atoms with van der Waals surface area (Å²) in [5.41, 5.74) is 15.9. The van der Waals surface area contributed by atoms with E-state index in [1.54, 1.807) is 7.11 Å². The first-order valence-electron chi connectivity index (χ1n) is 35.9. The van der Waals surface area contributed by atoms with Crippen LogP contribution in [0.1, 0.15) is 336 Å². The minimum atomic E-state index is 0.266. The second-order valence-corrected chi connectivity index (χ2v) is 25.7. The zero-order valence-corrected chi connectivity index (χ0v) is 57.2. The SMILES string of the molecule is CCCCCCCCC(CCCCCC)c1c2nc(c(C#Cc3cc(OCCCCCC)c(C=O)cc3C)c3nc(c(C(CCCCCC)CCCCCCCC)c4ccc([nH]4)c(C#Cc4cc(C)c(OC)cc4OCCCCCC)c4ccc1[nH]4)C=C3)C=C2. The maximum Gasteiger partial charge on any atom is 0.153 e. The molecule has 5 aromatic rings. The van der Waals surface area contributed by atoms with Crippen LogP contribution in [0.25, 0.3) is 46.4 Å². The van der Waals surface area contributed by atoms with E-state index in [-0.39, 0.29) is 11.8 Å². The molecule has 2 N–H and O–H groups in total. The van der Waals surface area contributed by atoms with E-state index in [4.69, 9.17) is 24.2 Å². The number of rotatable bonds is 40. The van der Waals surface area contributed by atoms with Crippen molar-refractivity contribution in [2.24, 2.45) is 0 Å². The highest BCUT2D eigenvalue weighted by molar-refractivity contribution is 5.87. The average molecular weight is 1220 g/mol. The second-order valence-electron chi connectivity index (χ2n) is 25.7. The Bertz CT molecular complexity index is 3270. The Labute approximate surface area is 544 Å². The summed E-state index contributed by atoms with van der Waals surface area (Å²) >= 11 is 0. The molecular formula is C82H112N4O4. The van der Waals surface area contributed by atoms with Crippen LogP contribution in [0.15, 0.2) is 48.5 Å². The predicted octanol–water partition coefficient (Wildman–Crippen LogP) is 23.4. The lowest BCUT2D eigenvalue weighted by atomic mass is 9.87. The first kappa shape index (κ1) is 70.7. The van der Waals surface area contributed by atoms with Crippen molar-refractivity contribution in [3.63, 3.8) is 0 Å². The lowest BCUT2D eigenvalue weighted by Gasteiger charge is -2.19. The number of benzene rings is 2. The molecule has 0 spiro atoms. The lowest BCUT2D eigenvalue weighted by molar-refractivity contribution is 0.111. The van der Waals surface area contributed by atoms with Crippen molar-refractivity contribution < 1.29 is 19.0 Å². The molecule has 0 saturated carbocycles. The highest BCUT2D eigenvalue weighted by atomic mass is 16.5. The fourth-order valence-electron chi connectivity index (χ4n) is 13.1. The maximum absolute atomic E-state index is 12.5. The summed E-state index contributed by atoms with van der Waals surface area (Å²) < 4.78 is 18.8. The van der Waals surface area contributed by atoms with Gasteiger partial charge in [0.1, 0.15) is 17.2 Å². The van der Waals surface area contributed by atoms with E-state index in [0.717, 1.165) is 186 Å². The van der Waals surface area contributed by atoms with Crippen molar-refractivity contribution in [1.82, 2.24) is 19.9 Å². The molecule has 3 aromatic heterocycles. The summed E-state index contributed by atoms with van der Waals surface area (Å²) in [6.45, 7) is 19.0. The van der Waals surface area contributed by atoms with Crippen molar-refractivity contribution in [3.05, 3.63) is 121 Å². The van der Waals surface area contributed by atoms with Crippen LogP contribution in [0, 0.1) is 37.5 Å². The summed E-state index contributed by atoms with van der Waals surface area (Å²) in [4.78, 5) is 32.1. The molecule has 5 heterocycles. The van der Waals surface area contributed by atoms with Gasteiger partial charge in [0.05, 0.1) is 76.4 Å². The lowest BCUT2D eigenvalue weighted by Crippen LogP contribution is -2.04. The Morgan fingerprint density at radius 2 is 0.811 bits per heavy atom. The number of ether oxygens (including phenoxy) is 3. The van der Waals surface area contributed by atoms with E-state index < -0.39 is 0 Å². The second kappa shape index (κ2) is 39.5. The predicted molar refractivity (Wildman–Crippen MR) is 383 cm³/mol.